The molecule has 0 saturated carbocycles. The molecule has 1 heterocycles. The molecule has 26 heavy (non-hydrogen) atoms. The van der Waals surface area contributed by atoms with Crippen LogP contribution in [0.15, 0.2) is 47.4 Å². The third-order valence-corrected chi connectivity index (χ3v) is 6.25. The minimum Gasteiger partial charge on any atom is -0.299 e. The molecule has 1 aliphatic rings. The molecule has 1 aliphatic heterocycles. The number of hydrogen-bond acceptors (Lipinski definition) is 3. The van der Waals surface area contributed by atoms with Crippen molar-refractivity contribution in [1.82, 2.24) is 9.62 Å². The van der Waals surface area contributed by atoms with Gasteiger partial charge in [-0.15, -0.1) is 0 Å². The lowest BCUT2D eigenvalue weighted by molar-refractivity contribution is 0.197. The average molecular weight is 401 g/mol. The van der Waals surface area contributed by atoms with Gasteiger partial charge in [0, 0.05) is 36.3 Å². The molecule has 8 heteroatoms. The van der Waals surface area contributed by atoms with Gasteiger partial charge >= 0.3 is 0 Å². The van der Waals surface area contributed by atoms with Crippen LogP contribution in [0, 0.1) is 11.6 Å². The van der Waals surface area contributed by atoms with Crippen LogP contribution in [0.1, 0.15) is 18.4 Å². The van der Waals surface area contributed by atoms with Crippen LogP contribution < -0.4 is 4.72 Å². The Bertz CT molecular complexity index is 867. The monoisotopic (exact) mass is 400 g/mol. The van der Waals surface area contributed by atoms with Crippen LogP contribution >= 0.6 is 11.6 Å². The Balaban J connectivity index is 1.57. The maximum Gasteiger partial charge on any atom is 0.240 e. The topological polar surface area (TPSA) is 49.4 Å². The van der Waals surface area contributed by atoms with E-state index >= 15 is 0 Å². The molecule has 140 valence electrons. The minimum atomic E-state index is -3.60. The first kappa shape index (κ1) is 19.2. The van der Waals surface area contributed by atoms with Crippen molar-refractivity contribution < 1.29 is 17.2 Å². The standard InChI is InChI=1S/C18H19ClF2N2O2S/c19-14-4-6-16(7-5-14)26(24,25)22-15-8-10-23(11-9-15)12-13-2-1-3-17(20)18(13)21/h1-7,15,22H,8-12H2. The number of nitrogens with one attached hydrogen (secondary N) is 1. The van der Waals surface area contributed by atoms with Gasteiger partial charge in [-0.2, -0.15) is 0 Å². The predicted molar refractivity (Wildman–Crippen MR) is 96.4 cm³/mol. The highest BCUT2D eigenvalue weighted by atomic mass is 35.5. The number of sulfonamides is 1. The molecule has 0 aliphatic carbocycles. The fraction of sp³-hybridized carbons (Fsp3) is 0.333. The first-order valence-corrected chi connectivity index (χ1v) is 10.1. The Morgan fingerprint density at radius 1 is 1.08 bits per heavy atom. The van der Waals surface area contributed by atoms with Crippen LogP contribution in [0.2, 0.25) is 5.02 Å². The third-order valence-electron chi connectivity index (χ3n) is 4.46. The van der Waals surface area contributed by atoms with E-state index in [1.165, 1.54) is 30.3 Å². The summed E-state index contributed by atoms with van der Waals surface area (Å²) in [6.45, 7) is 1.51. The second-order valence-electron chi connectivity index (χ2n) is 6.34. The molecular weight excluding hydrogens is 382 g/mol. The SMILES string of the molecule is O=S(=O)(NC1CCN(Cc2cccc(F)c2F)CC1)c1ccc(Cl)cc1. The highest BCUT2D eigenvalue weighted by molar-refractivity contribution is 7.89. The van der Waals surface area contributed by atoms with Crippen LogP contribution in [0.3, 0.4) is 0 Å². The molecule has 2 aromatic rings. The van der Waals surface area contributed by atoms with E-state index in [1.807, 2.05) is 4.90 Å². The number of hydrogen-bond donors (Lipinski definition) is 1. The highest BCUT2D eigenvalue weighted by Crippen LogP contribution is 2.20. The van der Waals surface area contributed by atoms with Crippen molar-refractivity contribution in [1.29, 1.82) is 0 Å². The first-order chi connectivity index (χ1) is 12.3. The largest absolute Gasteiger partial charge is 0.299 e. The van der Waals surface area contributed by atoms with Crippen LogP contribution in [0.4, 0.5) is 8.78 Å². The number of halogens is 3. The van der Waals surface area contributed by atoms with Crippen molar-refractivity contribution in [2.45, 2.75) is 30.3 Å². The van der Waals surface area contributed by atoms with Gasteiger partial charge in [0.15, 0.2) is 11.6 Å². The Hall–Kier alpha value is -1.54. The molecule has 4 nitrogen and oxygen atoms in total. The number of piperidine rings is 1. The van der Waals surface area contributed by atoms with E-state index < -0.39 is 21.7 Å². The summed E-state index contributed by atoms with van der Waals surface area (Å²) in [5.41, 5.74) is 0.310. The van der Waals surface area contributed by atoms with E-state index in [1.54, 1.807) is 6.07 Å². The quantitative estimate of drug-likeness (QED) is 0.834. The number of rotatable bonds is 5. The van der Waals surface area contributed by atoms with Gasteiger partial charge in [0.05, 0.1) is 4.90 Å². The van der Waals surface area contributed by atoms with Gasteiger partial charge in [0.25, 0.3) is 0 Å². The lowest BCUT2D eigenvalue weighted by atomic mass is 10.1. The summed E-state index contributed by atoms with van der Waals surface area (Å²) in [5.74, 6) is -1.67. The molecule has 0 amide bonds. The molecule has 3 rings (SSSR count). The second kappa shape index (κ2) is 8.00. The van der Waals surface area contributed by atoms with E-state index in [4.69, 9.17) is 11.6 Å². The van der Waals surface area contributed by atoms with Crippen LogP contribution in [0.5, 0.6) is 0 Å². The lowest BCUT2D eigenvalue weighted by Crippen LogP contribution is -2.44. The zero-order chi connectivity index (χ0) is 18.7. The summed E-state index contributed by atoms with van der Waals surface area (Å²) >= 11 is 5.79. The molecule has 0 atom stereocenters. The molecule has 1 fully saturated rings. The molecule has 0 unspecified atom stereocenters. The van der Waals surface area contributed by atoms with E-state index in [9.17, 15) is 17.2 Å². The van der Waals surface area contributed by atoms with Gasteiger partial charge in [0.2, 0.25) is 10.0 Å². The van der Waals surface area contributed by atoms with E-state index in [0.29, 0.717) is 43.1 Å². The van der Waals surface area contributed by atoms with Gasteiger partial charge < -0.3 is 0 Å². The fourth-order valence-corrected chi connectivity index (χ4v) is 4.45. The fourth-order valence-electron chi connectivity index (χ4n) is 3.02. The Kier molecular flexibility index (Phi) is 5.92. The van der Waals surface area contributed by atoms with Gasteiger partial charge in [-0.1, -0.05) is 23.7 Å². The summed E-state index contributed by atoms with van der Waals surface area (Å²) in [4.78, 5) is 2.16. The predicted octanol–water partition coefficient (Wildman–Crippen LogP) is 3.56. The molecule has 0 spiro atoms. The lowest BCUT2D eigenvalue weighted by Gasteiger charge is -2.32. The third kappa shape index (κ3) is 4.59. The van der Waals surface area contributed by atoms with Crippen LogP contribution in [-0.2, 0) is 16.6 Å². The van der Waals surface area contributed by atoms with Crippen molar-refractivity contribution in [2.24, 2.45) is 0 Å². The van der Waals surface area contributed by atoms with Gasteiger partial charge in [-0.05, 0) is 43.2 Å². The van der Waals surface area contributed by atoms with Crippen molar-refractivity contribution >= 4 is 21.6 Å². The van der Waals surface area contributed by atoms with Crippen molar-refractivity contribution in [3.63, 3.8) is 0 Å². The van der Waals surface area contributed by atoms with Crippen molar-refractivity contribution in [3.8, 4) is 0 Å². The maximum absolute atomic E-state index is 13.8. The summed E-state index contributed by atoms with van der Waals surface area (Å²) in [6.07, 6.45) is 1.20. The Labute approximate surface area is 156 Å². The second-order valence-corrected chi connectivity index (χ2v) is 8.49. The normalized spacial score (nSPS) is 16.7. The molecule has 1 saturated heterocycles. The van der Waals surface area contributed by atoms with Crippen LogP contribution in [-0.4, -0.2) is 32.4 Å². The molecule has 0 radical (unpaired) electrons. The van der Waals surface area contributed by atoms with Crippen molar-refractivity contribution in [3.05, 3.63) is 64.7 Å². The smallest absolute Gasteiger partial charge is 0.240 e. The van der Waals surface area contributed by atoms with E-state index in [0.717, 1.165) is 6.07 Å². The molecule has 2 aromatic carbocycles. The van der Waals surface area contributed by atoms with E-state index in [-0.39, 0.29) is 10.9 Å². The minimum absolute atomic E-state index is 0.172. The average Bonchev–Trinajstić information content (AvgIpc) is 2.61. The molecule has 1 N–H and O–H groups in total. The zero-order valence-corrected chi connectivity index (χ0v) is 15.5. The number of likely N-dealkylation sites (tertiary alicyclic amines) is 1. The van der Waals surface area contributed by atoms with Crippen LogP contribution in [0.25, 0.3) is 0 Å². The zero-order valence-electron chi connectivity index (χ0n) is 14.0. The molecule has 0 bridgehead atoms. The van der Waals surface area contributed by atoms with Gasteiger partial charge in [-0.3, -0.25) is 4.90 Å². The summed E-state index contributed by atoms with van der Waals surface area (Å²) < 4.78 is 54.6. The highest BCUT2D eigenvalue weighted by Gasteiger charge is 2.25. The summed E-state index contributed by atoms with van der Waals surface area (Å²) in [5, 5.41) is 0.474. The molecular formula is C18H19ClF2N2O2S. The Morgan fingerprint density at radius 3 is 2.38 bits per heavy atom. The summed E-state index contributed by atoms with van der Waals surface area (Å²) in [6, 6.07) is 9.95. The first-order valence-electron chi connectivity index (χ1n) is 8.28. The number of nitrogens with zero attached hydrogens (tertiary/aromatic N) is 1. The van der Waals surface area contributed by atoms with Gasteiger partial charge in [0.1, 0.15) is 0 Å². The summed E-state index contributed by atoms with van der Waals surface area (Å²) in [7, 11) is -3.60. The van der Waals surface area contributed by atoms with Gasteiger partial charge in [-0.25, -0.2) is 21.9 Å². The van der Waals surface area contributed by atoms with Crippen molar-refractivity contribution in [2.75, 3.05) is 13.1 Å². The number of benzene rings is 2. The Morgan fingerprint density at radius 2 is 1.73 bits per heavy atom. The molecule has 0 aromatic heterocycles. The van der Waals surface area contributed by atoms with E-state index in [2.05, 4.69) is 4.72 Å². The maximum atomic E-state index is 13.8.